The van der Waals surface area contributed by atoms with Gasteiger partial charge in [-0.3, -0.25) is 50.0 Å². The van der Waals surface area contributed by atoms with Crippen LogP contribution in [0.4, 0.5) is 29.2 Å². The number of carbonyl (C=O) groups excluding carboxylic acids is 4. The first kappa shape index (κ1) is 107. The number of aliphatic hydroxyl groups is 6. The van der Waals surface area contributed by atoms with Crippen molar-refractivity contribution in [3.63, 3.8) is 0 Å². The van der Waals surface area contributed by atoms with Crippen molar-refractivity contribution in [3.05, 3.63) is 268 Å². The van der Waals surface area contributed by atoms with E-state index >= 15 is 0 Å². The number of ether oxygens (including phenoxy) is 1. The monoisotopic (exact) mass is 2080 g/mol. The lowest BCUT2D eigenvalue weighted by Gasteiger charge is -2.19. The number of aromatic nitrogens is 16. The molecule has 10 heterocycles. The van der Waals surface area contributed by atoms with Crippen LogP contribution in [0.5, 0.6) is 5.75 Å². The molecule has 2 aromatic carbocycles. The van der Waals surface area contributed by atoms with Gasteiger partial charge in [0.2, 0.25) is 17.3 Å². The fourth-order valence-corrected chi connectivity index (χ4v) is 18.3. The molecule has 0 spiro atoms. The second-order valence-electron chi connectivity index (χ2n) is 33.8. The van der Waals surface area contributed by atoms with E-state index in [-0.39, 0.29) is 137 Å². The Kier molecular flexibility index (Phi) is 34.8. The lowest BCUT2D eigenvalue weighted by molar-refractivity contribution is -0.274. The Hall–Kier alpha value is -12.5. The van der Waals surface area contributed by atoms with Gasteiger partial charge in [0.25, 0.3) is 0 Å². The Morgan fingerprint density at radius 2 is 1.02 bits per heavy atom. The highest BCUT2D eigenvalue weighted by atomic mass is 35.5. The van der Waals surface area contributed by atoms with Crippen molar-refractivity contribution in [2.45, 2.75) is 152 Å². The minimum atomic E-state index is -4.83. The number of hydrogen-bond donors (Lipinski definition) is 12. The Morgan fingerprint density at radius 1 is 0.521 bits per heavy atom. The summed E-state index contributed by atoms with van der Waals surface area (Å²) in [7, 11) is -16.7. The maximum atomic E-state index is 14.7. The molecule has 0 aliphatic heterocycles. The summed E-state index contributed by atoms with van der Waals surface area (Å²) in [5.74, 6) is -3.69. The van der Waals surface area contributed by atoms with Crippen molar-refractivity contribution < 1.29 is 131 Å². The van der Waals surface area contributed by atoms with E-state index in [4.69, 9.17) is 41.1 Å². The summed E-state index contributed by atoms with van der Waals surface area (Å²) in [6.45, 7) is 4.62. The van der Waals surface area contributed by atoms with Crippen molar-refractivity contribution in [2.24, 2.45) is 56.1 Å². The molecule has 0 saturated heterocycles. The first-order valence-corrected chi connectivity index (χ1v) is 49.6. The second kappa shape index (κ2) is 46.3. The number of benzene rings is 2. The third-order valence-electron chi connectivity index (χ3n) is 23.8. The molecule has 4 aliphatic rings. The minimum Gasteiger partial charge on any atom is -0.448 e. The molecule has 4 fully saturated rings. The molecule has 16 rings (SSSR count). The number of alkyl halides is 4. The van der Waals surface area contributed by atoms with E-state index in [0.29, 0.717) is 65.4 Å². The van der Waals surface area contributed by atoms with Gasteiger partial charge in [0.1, 0.15) is 89.3 Å². The quantitative estimate of drug-likeness (QED) is 0.0195. The molecule has 0 radical (unpaired) electrons. The number of furan rings is 1. The number of carbonyl (C=O) groups is 4. The Balaban J connectivity index is 0.000000159. The summed E-state index contributed by atoms with van der Waals surface area (Å²) in [6.07, 6.45) is 6.66. The number of nitrogens with one attached hydrogen (secondary N) is 2. The van der Waals surface area contributed by atoms with Crippen LogP contribution in [0.1, 0.15) is 162 Å². The van der Waals surface area contributed by atoms with Crippen LogP contribution in [0.2, 0.25) is 5.22 Å². The number of halogens is 5. The van der Waals surface area contributed by atoms with Gasteiger partial charge in [-0.1, -0.05) is 47.6 Å². The van der Waals surface area contributed by atoms with Crippen molar-refractivity contribution in [2.75, 3.05) is 37.1 Å². The smallest absolute Gasteiger partial charge is 0.448 e. The SMILES string of the molecule is CC(c1ccc(Cl)o1)n1ccc(C(=O)c2cncnc2N[C@@H]2C[C@H](COS(N)(=O)=O)[C@@H](O)[C@@H]2F)c1.CC(c1ccccc1)n1ccc(C(=O)c2cncnc2N[C@@H]2C[C@H](COS(N)(=O)=O)[C@@H](O)[C@H]2O)n1.Cc1cc(Cn2ccc(C(=O)c3cncnc3C[C@@H]3C[C@H](COS(N)(=O)=O)[C@@H](O)C3)n2)no1.NS(=O)(=O)OC[C@H]1C[C@@H](Cc2ncncc2C(=O)c2ccn(Cc3cccc(OC(F)(F)F)c3)n2)[C@H](O)[C@@H]1O. The largest absolute Gasteiger partial charge is 0.573 e. The van der Waals surface area contributed by atoms with Gasteiger partial charge in [-0.25, -0.2) is 64.8 Å². The number of aliphatic hydroxyl groups excluding tert-OH is 6. The summed E-state index contributed by atoms with van der Waals surface area (Å²) >= 11 is 5.85. The fraction of sp³-hybridized carbons (Fsp3) is 0.395. The van der Waals surface area contributed by atoms with E-state index in [0.717, 1.165) is 5.56 Å². The van der Waals surface area contributed by atoms with Crippen LogP contribution in [0, 0.1) is 42.4 Å². The third-order valence-corrected chi connectivity index (χ3v) is 25.8. The van der Waals surface area contributed by atoms with Gasteiger partial charge in [0, 0.05) is 91.1 Å². The molecule has 0 bridgehead atoms. The van der Waals surface area contributed by atoms with Crippen molar-refractivity contribution in [1.29, 1.82) is 0 Å². The van der Waals surface area contributed by atoms with Crippen LogP contribution >= 0.6 is 11.6 Å². The summed E-state index contributed by atoms with van der Waals surface area (Å²) in [4.78, 5) is 85.2. The molecule has 17 atom stereocenters. The summed E-state index contributed by atoms with van der Waals surface area (Å²) in [6, 6.07) is 24.6. The van der Waals surface area contributed by atoms with Gasteiger partial charge in [-0.15, -0.1) is 13.2 Å². The molecule has 4 saturated carbocycles. The van der Waals surface area contributed by atoms with Crippen molar-refractivity contribution >= 4 is 87.6 Å². The van der Waals surface area contributed by atoms with Gasteiger partial charge in [-0.05, 0) is 149 Å². The molecular formula is C86H97ClF4N22O25S4. The highest BCUT2D eigenvalue weighted by molar-refractivity contribution is 7.85. The molecule has 142 heavy (non-hydrogen) atoms. The Labute approximate surface area is 812 Å². The molecule has 2 unspecified atom stereocenters. The maximum absolute atomic E-state index is 14.7. The summed E-state index contributed by atoms with van der Waals surface area (Å²) in [5, 5.41) is 104. The topological polar surface area (TPSA) is 701 Å². The van der Waals surface area contributed by atoms with Crippen LogP contribution in [0.15, 0.2) is 187 Å². The highest BCUT2D eigenvalue weighted by Crippen LogP contribution is 2.39. The zero-order valence-corrected chi connectivity index (χ0v) is 79.2. The van der Waals surface area contributed by atoms with Crippen LogP contribution in [0.25, 0.3) is 0 Å². The van der Waals surface area contributed by atoms with Crippen molar-refractivity contribution in [3.8, 4) is 5.75 Å². The average Bonchev–Trinajstić information content (AvgIpc) is 1.65. The van der Waals surface area contributed by atoms with Gasteiger partial charge in [-0.2, -0.15) is 49.0 Å². The predicted molar refractivity (Wildman–Crippen MR) is 487 cm³/mol. The van der Waals surface area contributed by atoms with Crippen LogP contribution < -0.4 is 35.9 Å². The zero-order valence-electron chi connectivity index (χ0n) is 75.2. The maximum Gasteiger partial charge on any atom is 0.573 e. The number of ketones is 4. The van der Waals surface area contributed by atoms with Crippen LogP contribution in [-0.2, 0) is 83.9 Å². The molecule has 10 aromatic heterocycles. The second-order valence-corrected chi connectivity index (χ2v) is 39.1. The highest BCUT2D eigenvalue weighted by Gasteiger charge is 2.47. The number of nitrogens with two attached hydrogens (primary N) is 4. The zero-order chi connectivity index (χ0) is 102. The number of anilines is 2. The normalized spacial score (nSPS) is 22.3. The number of aryl methyl sites for hydroxylation is 1. The third kappa shape index (κ3) is 29.2. The van der Waals surface area contributed by atoms with Crippen LogP contribution in [0.3, 0.4) is 0 Å². The summed E-state index contributed by atoms with van der Waals surface area (Å²) in [5.41, 5.74) is 4.50. The minimum absolute atomic E-state index is 0.0107. The van der Waals surface area contributed by atoms with Crippen LogP contribution in [-0.4, -0.2) is 254 Å². The van der Waals surface area contributed by atoms with Gasteiger partial charge < -0.3 is 59.5 Å². The number of rotatable bonds is 37. The molecule has 56 heteroatoms. The summed E-state index contributed by atoms with van der Waals surface area (Å²) < 4.78 is 180. The standard InChI is InChI=1S/C23H24F3N5O7S.C22H26N6O6S.C21H23ClFN5O6S.C20H24N6O6S/c24-23(25,26)38-16-3-1-2-13(6-16)10-31-5-4-18(30-31)22(34)17-9-28-12-29-19(17)8-14-7-15(21(33)20(14)32)11-37-39(27,35)36;1-13(14-5-3-2-4-6-14)28-8-7-17(27-28)20(30)16-10-24-12-25-22(16)26-18-9-15(19(29)21(18)31)11-34-35(23,32)33;1-11(16-2-3-17(22)34-16)28-5-4-12(8-28)19(29)14-7-25-10-26-21(14)27-15-6-13(20(30)18(15)23)9-33-35(24,31)32;1-12-4-15(25-32-12)9-26-3-2-17(24-26)20(28)16-8-22-11-23-18(16)6-13-5-14(19(27)7-13)10-31-33(21,29)30/h1-6,9,12,14-15,20-21,32-33H,7-8,10-11H2,(H2,27,35,36);2-8,10,12-13,15,18-19,21,29,31H,9,11H2,1H3,(H2,23,32,33)(H,24,25,26);2-5,7-8,10-11,13,15,18,20,30H,6,9H2,1H3,(H2,24,31,32)(H,25,26,27);2-4,8,11,13-14,19,27H,5-7,9-10H2,1H3,(H2,21,29,30)/t14-,15+,20-,21+;13?,15-,18-,19-,21+;11?,13-,15-,18-,20-;13-,14+,19-/m0110/s1. The lowest BCUT2D eigenvalue weighted by atomic mass is 9.95. The molecule has 4 aliphatic carbocycles. The van der Waals surface area contributed by atoms with E-state index in [1.807, 2.05) is 44.2 Å². The van der Waals surface area contributed by atoms with E-state index in [9.17, 15) is 101 Å². The predicted octanol–water partition coefficient (Wildman–Crippen LogP) is 3.71. The van der Waals surface area contributed by atoms with E-state index in [2.05, 4.69) is 92.4 Å². The van der Waals surface area contributed by atoms with Gasteiger partial charge in [0.15, 0.2) is 11.0 Å². The van der Waals surface area contributed by atoms with E-state index in [1.165, 1.54) is 85.2 Å². The molecule has 760 valence electrons. The number of nitrogens with zero attached hydrogens (tertiary/aromatic N) is 16. The van der Waals surface area contributed by atoms with E-state index < -0.39 is 157 Å². The fourth-order valence-electron chi connectivity index (χ4n) is 16.7. The molecule has 0 amide bonds. The van der Waals surface area contributed by atoms with E-state index in [1.54, 1.807) is 88.1 Å². The van der Waals surface area contributed by atoms with Crippen molar-refractivity contribution in [1.82, 2.24) is 78.9 Å². The molecule has 16 N–H and O–H groups in total. The lowest BCUT2D eigenvalue weighted by Crippen LogP contribution is -2.36. The first-order chi connectivity index (χ1) is 67.1. The Morgan fingerprint density at radius 3 is 1.58 bits per heavy atom. The molecule has 12 aromatic rings. The van der Waals surface area contributed by atoms with Gasteiger partial charge >= 0.3 is 47.6 Å². The van der Waals surface area contributed by atoms with Gasteiger partial charge in [0.05, 0.1) is 128 Å². The Bertz CT molecular complexity index is 6890. The first-order valence-electron chi connectivity index (χ1n) is 43.3. The average molecular weight is 2080 g/mol. The molecular weight excluding hydrogens is 1980 g/mol. The molecule has 47 nitrogen and oxygen atoms in total. The number of hydrogen-bond acceptors (Lipinski definition) is 39.